The topological polar surface area (TPSA) is 70.1 Å². The third kappa shape index (κ3) is 4.52. The van der Waals surface area contributed by atoms with Gasteiger partial charge in [-0.05, 0) is 67.4 Å². The average molecular weight is 407 g/mol. The molecule has 0 aliphatic carbocycles. The minimum atomic E-state index is 0.483. The summed E-state index contributed by atoms with van der Waals surface area (Å²) in [5.74, 6) is 1.32. The zero-order valence-electron chi connectivity index (χ0n) is 16.0. The number of aromatic nitrogens is 5. The lowest BCUT2D eigenvalue weighted by molar-refractivity contribution is 0.306. The second-order valence-corrected chi connectivity index (χ2v) is 6.98. The van der Waals surface area contributed by atoms with E-state index < -0.39 is 0 Å². The van der Waals surface area contributed by atoms with E-state index in [9.17, 15) is 0 Å². The highest BCUT2D eigenvalue weighted by Gasteiger charge is 2.10. The Balaban J connectivity index is 1.43. The Morgan fingerprint density at radius 2 is 1.83 bits per heavy atom. The van der Waals surface area contributed by atoms with Crippen molar-refractivity contribution in [2.75, 3.05) is 0 Å². The number of rotatable bonds is 6. The van der Waals surface area contributed by atoms with E-state index >= 15 is 0 Å². The summed E-state index contributed by atoms with van der Waals surface area (Å²) in [4.78, 5) is 0. The fraction of sp³-hybridized carbons (Fsp3) is 0.143. The Labute approximate surface area is 173 Å². The van der Waals surface area contributed by atoms with Crippen LogP contribution in [0.25, 0.3) is 5.95 Å². The Morgan fingerprint density at radius 3 is 2.52 bits per heavy atom. The maximum absolute atomic E-state index is 5.90. The van der Waals surface area contributed by atoms with Gasteiger partial charge in [-0.2, -0.15) is 14.9 Å². The van der Waals surface area contributed by atoms with Crippen LogP contribution in [0.2, 0.25) is 5.02 Å². The molecule has 0 unspecified atom stereocenters. The molecule has 2 heterocycles. The molecule has 7 nitrogen and oxygen atoms in total. The molecule has 0 fully saturated rings. The molecule has 2 aromatic carbocycles. The molecule has 0 amide bonds. The van der Waals surface area contributed by atoms with E-state index in [2.05, 4.69) is 20.4 Å². The van der Waals surface area contributed by atoms with E-state index in [4.69, 9.17) is 16.3 Å². The monoisotopic (exact) mass is 406 g/mol. The van der Waals surface area contributed by atoms with Crippen molar-refractivity contribution in [1.29, 1.82) is 0 Å². The molecule has 0 spiro atoms. The number of ether oxygens (including phenoxy) is 1. The lowest BCUT2D eigenvalue weighted by atomic mass is 10.2. The molecule has 8 heteroatoms. The van der Waals surface area contributed by atoms with Gasteiger partial charge in [0.2, 0.25) is 0 Å². The van der Waals surface area contributed by atoms with Crippen LogP contribution in [0, 0.1) is 13.8 Å². The molecule has 0 radical (unpaired) electrons. The highest BCUT2D eigenvalue weighted by molar-refractivity contribution is 6.30. The molecule has 0 N–H and O–H groups in total. The molecule has 0 bridgehead atoms. The quantitative estimate of drug-likeness (QED) is 0.450. The second kappa shape index (κ2) is 8.28. The first kappa shape index (κ1) is 18.9. The molecular formula is C21H19ClN6O. The maximum atomic E-state index is 5.90. The SMILES string of the molecule is Cc1cc(C)n(-c2nncn2/N=C\c2ccc(OCc3ccc(Cl)cc3)cc2)n1. The van der Waals surface area contributed by atoms with Crippen molar-refractivity contribution >= 4 is 17.8 Å². The lowest BCUT2D eigenvalue weighted by Crippen LogP contribution is -2.06. The molecule has 146 valence electrons. The molecule has 2 aromatic heterocycles. The normalized spacial score (nSPS) is 11.3. The van der Waals surface area contributed by atoms with Gasteiger partial charge in [0.1, 0.15) is 18.7 Å². The molecular weight excluding hydrogens is 388 g/mol. The minimum Gasteiger partial charge on any atom is -0.489 e. The van der Waals surface area contributed by atoms with E-state index in [0.717, 1.165) is 28.3 Å². The van der Waals surface area contributed by atoms with Crippen LogP contribution in [-0.2, 0) is 6.61 Å². The van der Waals surface area contributed by atoms with Crippen molar-refractivity contribution in [3.63, 3.8) is 0 Å². The van der Waals surface area contributed by atoms with Crippen molar-refractivity contribution < 1.29 is 4.74 Å². The summed E-state index contributed by atoms with van der Waals surface area (Å²) in [6.07, 6.45) is 3.29. The molecule has 4 rings (SSSR count). The molecule has 0 saturated carbocycles. The first-order valence-electron chi connectivity index (χ1n) is 9.04. The summed E-state index contributed by atoms with van der Waals surface area (Å²) < 4.78 is 9.11. The Bertz CT molecular complexity index is 1130. The third-order valence-electron chi connectivity index (χ3n) is 4.24. The first-order chi connectivity index (χ1) is 14.1. The molecule has 0 atom stereocenters. The van der Waals surface area contributed by atoms with Crippen molar-refractivity contribution in [2.24, 2.45) is 5.10 Å². The number of aryl methyl sites for hydroxylation is 2. The van der Waals surface area contributed by atoms with Crippen LogP contribution >= 0.6 is 11.6 Å². The van der Waals surface area contributed by atoms with Crippen LogP contribution in [0.15, 0.2) is 66.0 Å². The van der Waals surface area contributed by atoms with Crippen molar-refractivity contribution in [3.8, 4) is 11.7 Å². The number of nitrogens with zero attached hydrogens (tertiary/aromatic N) is 6. The fourth-order valence-corrected chi connectivity index (χ4v) is 2.93. The van der Waals surface area contributed by atoms with Gasteiger partial charge in [0.15, 0.2) is 0 Å². The summed E-state index contributed by atoms with van der Waals surface area (Å²) >= 11 is 5.90. The summed E-state index contributed by atoms with van der Waals surface area (Å²) in [5, 5.41) is 17.6. The van der Waals surface area contributed by atoms with E-state index in [1.54, 1.807) is 21.9 Å². The van der Waals surface area contributed by atoms with Gasteiger partial charge < -0.3 is 4.74 Å². The molecule has 4 aromatic rings. The van der Waals surface area contributed by atoms with Gasteiger partial charge in [0.05, 0.1) is 11.9 Å². The van der Waals surface area contributed by atoms with Gasteiger partial charge in [-0.15, -0.1) is 10.2 Å². The van der Waals surface area contributed by atoms with Crippen molar-refractivity contribution in [3.05, 3.63) is 88.5 Å². The smallest absolute Gasteiger partial charge is 0.273 e. The summed E-state index contributed by atoms with van der Waals surface area (Å²) in [6, 6.07) is 17.3. The van der Waals surface area contributed by atoms with E-state index in [0.29, 0.717) is 17.6 Å². The van der Waals surface area contributed by atoms with Gasteiger partial charge in [-0.1, -0.05) is 23.7 Å². The van der Waals surface area contributed by atoms with Gasteiger partial charge in [-0.3, -0.25) is 0 Å². The highest BCUT2D eigenvalue weighted by Crippen LogP contribution is 2.15. The van der Waals surface area contributed by atoms with Crippen LogP contribution < -0.4 is 4.74 Å². The van der Waals surface area contributed by atoms with Crippen LogP contribution in [-0.4, -0.2) is 30.9 Å². The first-order valence-corrected chi connectivity index (χ1v) is 9.41. The predicted octanol–water partition coefficient (Wildman–Crippen LogP) is 4.20. The fourth-order valence-electron chi connectivity index (χ4n) is 2.80. The summed E-state index contributed by atoms with van der Waals surface area (Å²) in [5.41, 5.74) is 3.87. The van der Waals surface area contributed by atoms with Gasteiger partial charge in [-0.25, -0.2) is 4.68 Å². The number of benzene rings is 2. The van der Waals surface area contributed by atoms with Crippen LogP contribution in [0.1, 0.15) is 22.5 Å². The number of halogens is 1. The van der Waals surface area contributed by atoms with Gasteiger partial charge >= 0.3 is 0 Å². The van der Waals surface area contributed by atoms with Crippen molar-refractivity contribution in [1.82, 2.24) is 24.7 Å². The molecule has 0 aliphatic rings. The zero-order valence-corrected chi connectivity index (χ0v) is 16.8. The molecule has 0 saturated heterocycles. The highest BCUT2D eigenvalue weighted by atomic mass is 35.5. The van der Waals surface area contributed by atoms with Gasteiger partial charge in [0.25, 0.3) is 5.95 Å². The summed E-state index contributed by atoms with van der Waals surface area (Å²) in [7, 11) is 0. The molecule has 0 aliphatic heterocycles. The minimum absolute atomic E-state index is 0.483. The Kier molecular flexibility index (Phi) is 5.39. The van der Waals surface area contributed by atoms with E-state index in [1.165, 1.54) is 0 Å². The Hall–Kier alpha value is -3.45. The average Bonchev–Trinajstić information content (AvgIpc) is 3.32. The van der Waals surface area contributed by atoms with Gasteiger partial charge in [0, 0.05) is 10.7 Å². The van der Waals surface area contributed by atoms with Crippen molar-refractivity contribution in [2.45, 2.75) is 20.5 Å². The van der Waals surface area contributed by atoms with E-state index in [-0.39, 0.29) is 0 Å². The lowest BCUT2D eigenvalue weighted by Gasteiger charge is -2.06. The number of hydrogen-bond donors (Lipinski definition) is 0. The maximum Gasteiger partial charge on any atom is 0.273 e. The van der Waals surface area contributed by atoms with Crippen LogP contribution in [0.3, 0.4) is 0 Å². The predicted molar refractivity (Wildman–Crippen MR) is 112 cm³/mol. The third-order valence-corrected chi connectivity index (χ3v) is 4.49. The zero-order chi connectivity index (χ0) is 20.2. The summed E-state index contributed by atoms with van der Waals surface area (Å²) in [6.45, 7) is 4.38. The largest absolute Gasteiger partial charge is 0.489 e. The standard InChI is InChI=1S/C21H19ClN6O/c1-15-11-16(2)28(26-15)21-25-23-14-27(21)24-12-17-5-9-20(10-6-17)29-13-18-3-7-19(22)8-4-18/h3-12,14H,13H2,1-2H3/b24-12-. The second-order valence-electron chi connectivity index (χ2n) is 6.54. The van der Waals surface area contributed by atoms with Crippen LogP contribution in [0.4, 0.5) is 0 Å². The van der Waals surface area contributed by atoms with Crippen LogP contribution in [0.5, 0.6) is 5.75 Å². The van der Waals surface area contributed by atoms with E-state index in [1.807, 2.05) is 68.4 Å². The number of hydrogen-bond acceptors (Lipinski definition) is 5. The Morgan fingerprint density at radius 1 is 1.07 bits per heavy atom. The molecule has 29 heavy (non-hydrogen) atoms.